The summed E-state index contributed by atoms with van der Waals surface area (Å²) in [5, 5.41) is 8.57. The fourth-order valence-corrected chi connectivity index (χ4v) is 1.48. The van der Waals surface area contributed by atoms with E-state index >= 15 is 0 Å². The number of alkyl halides is 3. The first-order valence-electron chi connectivity index (χ1n) is 4.06. The second-order valence-electron chi connectivity index (χ2n) is 2.94. The van der Waals surface area contributed by atoms with Gasteiger partial charge in [0.25, 0.3) is 0 Å². The number of anilines is 1. The van der Waals surface area contributed by atoms with Crippen LogP contribution in [0.25, 0.3) is 0 Å². The Labute approximate surface area is 93.9 Å². The maximum atomic E-state index is 12.0. The molecule has 1 aromatic carbocycles. The lowest BCUT2D eigenvalue weighted by atomic mass is 10.2. The van der Waals surface area contributed by atoms with E-state index in [-0.39, 0.29) is 5.56 Å². The van der Waals surface area contributed by atoms with E-state index in [1.54, 1.807) is 0 Å². The SMILES string of the molecule is O=C(O)c1cccc(NS(=O)(=O)C(F)(F)F)c1. The van der Waals surface area contributed by atoms with Crippen molar-refractivity contribution in [1.29, 1.82) is 0 Å². The Kier molecular flexibility index (Phi) is 3.32. The molecule has 94 valence electrons. The summed E-state index contributed by atoms with van der Waals surface area (Å²) in [5.41, 5.74) is -6.25. The molecule has 2 N–H and O–H groups in total. The van der Waals surface area contributed by atoms with Gasteiger partial charge in [0.05, 0.1) is 5.56 Å². The number of hydrogen-bond acceptors (Lipinski definition) is 3. The highest BCUT2D eigenvalue weighted by Crippen LogP contribution is 2.25. The first kappa shape index (κ1) is 13.3. The smallest absolute Gasteiger partial charge is 0.478 e. The van der Waals surface area contributed by atoms with E-state index < -0.39 is 27.2 Å². The monoisotopic (exact) mass is 269 g/mol. The van der Waals surface area contributed by atoms with Gasteiger partial charge in [0, 0.05) is 5.69 Å². The summed E-state index contributed by atoms with van der Waals surface area (Å²) in [6, 6.07) is 4.03. The van der Waals surface area contributed by atoms with Crippen molar-refractivity contribution in [3.8, 4) is 0 Å². The highest BCUT2D eigenvalue weighted by atomic mass is 32.2. The number of carboxylic acids is 1. The van der Waals surface area contributed by atoms with Gasteiger partial charge in [-0.15, -0.1) is 0 Å². The molecule has 0 aliphatic heterocycles. The largest absolute Gasteiger partial charge is 0.516 e. The van der Waals surface area contributed by atoms with Crippen molar-refractivity contribution in [2.24, 2.45) is 0 Å². The number of benzene rings is 1. The van der Waals surface area contributed by atoms with Crippen LogP contribution < -0.4 is 4.72 Å². The number of carboxylic acid groups (broad SMARTS) is 1. The average Bonchev–Trinajstić information content (AvgIpc) is 2.15. The van der Waals surface area contributed by atoms with Gasteiger partial charge in [-0.05, 0) is 18.2 Å². The van der Waals surface area contributed by atoms with Crippen LogP contribution in [0.1, 0.15) is 10.4 Å². The van der Waals surface area contributed by atoms with Crippen LogP contribution in [0, 0.1) is 0 Å². The van der Waals surface area contributed by atoms with E-state index in [1.165, 1.54) is 4.72 Å². The number of carbonyl (C=O) groups is 1. The van der Waals surface area contributed by atoms with Gasteiger partial charge in [-0.3, -0.25) is 4.72 Å². The number of hydrogen-bond donors (Lipinski definition) is 2. The summed E-state index contributed by atoms with van der Waals surface area (Å²) in [4.78, 5) is 10.5. The number of nitrogens with one attached hydrogen (secondary N) is 1. The van der Waals surface area contributed by atoms with Crippen molar-refractivity contribution in [2.75, 3.05) is 4.72 Å². The lowest BCUT2D eigenvalue weighted by Crippen LogP contribution is -2.29. The van der Waals surface area contributed by atoms with E-state index in [4.69, 9.17) is 5.11 Å². The molecule has 0 atom stereocenters. The quantitative estimate of drug-likeness (QED) is 0.873. The van der Waals surface area contributed by atoms with Gasteiger partial charge in [0.1, 0.15) is 0 Å². The molecule has 0 saturated heterocycles. The molecule has 0 bridgehead atoms. The van der Waals surface area contributed by atoms with Gasteiger partial charge in [0.2, 0.25) is 0 Å². The molecule has 0 aliphatic rings. The molecule has 9 heteroatoms. The van der Waals surface area contributed by atoms with E-state index in [1.807, 2.05) is 0 Å². The van der Waals surface area contributed by atoms with E-state index in [0.717, 1.165) is 24.3 Å². The van der Waals surface area contributed by atoms with Crippen LogP contribution in [-0.4, -0.2) is 25.0 Å². The van der Waals surface area contributed by atoms with Gasteiger partial charge in [-0.1, -0.05) is 6.07 Å². The van der Waals surface area contributed by atoms with Crippen LogP contribution in [0.3, 0.4) is 0 Å². The third kappa shape index (κ3) is 3.09. The van der Waals surface area contributed by atoms with Crippen LogP contribution in [0.2, 0.25) is 0 Å². The highest BCUT2D eigenvalue weighted by Gasteiger charge is 2.46. The van der Waals surface area contributed by atoms with Crippen LogP contribution in [-0.2, 0) is 10.0 Å². The third-order valence-electron chi connectivity index (χ3n) is 1.67. The maximum absolute atomic E-state index is 12.0. The fraction of sp³-hybridized carbons (Fsp3) is 0.125. The first-order chi connectivity index (χ1) is 7.63. The number of sulfonamides is 1. The van der Waals surface area contributed by atoms with Crippen LogP contribution >= 0.6 is 0 Å². The van der Waals surface area contributed by atoms with E-state index in [2.05, 4.69) is 0 Å². The second-order valence-corrected chi connectivity index (χ2v) is 4.61. The van der Waals surface area contributed by atoms with Crippen molar-refractivity contribution in [2.45, 2.75) is 5.51 Å². The Morgan fingerprint density at radius 3 is 2.35 bits per heavy atom. The molecule has 17 heavy (non-hydrogen) atoms. The standard InChI is InChI=1S/C8H6F3NO4S/c9-8(10,11)17(15,16)12-6-3-1-2-5(4-6)7(13)14/h1-4,12H,(H,13,14). The molecule has 0 unspecified atom stereocenters. The molecule has 0 spiro atoms. The molecule has 0 aromatic heterocycles. The predicted molar refractivity (Wildman–Crippen MR) is 52.0 cm³/mol. The molecular formula is C8H6F3NO4S. The fourth-order valence-electron chi connectivity index (χ4n) is 0.929. The maximum Gasteiger partial charge on any atom is 0.516 e. The lowest BCUT2D eigenvalue weighted by Gasteiger charge is -2.10. The highest BCUT2D eigenvalue weighted by molar-refractivity contribution is 7.93. The minimum Gasteiger partial charge on any atom is -0.478 e. The molecule has 5 nitrogen and oxygen atoms in total. The van der Waals surface area contributed by atoms with Crippen LogP contribution in [0.4, 0.5) is 18.9 Å². The summed E-state index contributed by atoms with van der Waals surface area (Å²) >= 11 is 0. The predicted octanol–water partition coefficient (Wildman–Crippen LogP) is 1.65. The van der Waals surface area contributed by atoms with Crippen molar-refractivity contribution >= 4 is 21.7 Å². The third-order valence-corrected chi connectivity index (χ3v) is 2.78. The molecule has 0 fully saturated rings. The zero-order chi connectivity index (χ0) is 13.3. The lowest BCUT2D eigenvalue weighted by molar-refractivity contribution is -0.0429. The topological polar surface area (TPSA) is 83.5 Å². The molecule has 1 rings (SSSR count). The number of rotatable bonds is 3. The van der Waals surface area contributed by atoms with Crippen molar-refractivity contribution in [1.82, 2.24) is 0 Å². The molecular weight excluding hydrogens is 263 g/mol. The molecule has 0 radical (unpaired) electrons. The summed E-state index contributed by atoms with van der Waals surface area (Å²) < 4.78 is 58.7. The first-order valence-corrected chi connectivity index (χ1v) is 5.54. The Morgan fingerprint density at radius 2 is 1.88 bits per heavy atom. The molecule has 0 saturated carbocycles. The second kappa shape index (κ2) is 4.24. The van der Waals surface area contributed by atoms with Crippen molar-refractivity contribution in [3.63, 3.8) is 0 Å². The molecule has 0 amide bonds. The van der Waals surface area contributed by atoms with Crippen LogP contribution in [0.5, 0.6) is 0 Å². The van der Waals surface area contributed by atoms with Gasteiger partial charge in [-0.2, -0.15) is 21.6 Å². The van der Waals surface area contributed by atoms with Crippen molar-refractivity contribution < 1.29 is 31.5 Å². The van der Waals surface area contributed by atoms with Gasteiger partial charge >= 0.3 is 21.5 Å². The summed E-state index contributed by atoms with van der Waals surface area (Å²) in [5.74, 6) is -1.38. The van der Waals surface area contributed by atoms with E-state index in [0.29, 0.717) is 0 Å². The minimum atomic E-state index is -5.54. The number of halogens is 3. The summed E-state index contributed by atoms with van der Waals surface area (Å²) in [6.45, 7) is 0. The van der Waals surface area contributed by atoms with Crippen LogP contribution in [0.15, 0.2) is 24.3 Å². The average molecular weight is 269 g/mol. The summed E-state index contributed by atoms with van der Waals surface area (Å²) in [7, 11) is -5.54. The molecule has 0 aliphatic carbocycles. The normalized spacial score (nSPS) is 12.2. The molecule has 0 heterocycles. The zero-order valence-corrected chi connectivity index (χ0v) is 8.84. The number of aromatic carboxylic acids is 1. The molecule has 1 aromatic rings. The Bertz CT molecular complexity index is 538. The summed E-state index contributed by atoms with van der Waals surface area (Å²) in [6.07, 6.45) is 0. The Balaban J connectivity index is 3.05. The van der Waals surface area contributed by atoms with Gasteiger partial charge < -0.3 is 5.11 Å². The van der Waals surface area contributed by atoms with Crippen molar-refractivity contribution in [3.05, 3.63) is 29.8 Å². The van der Waals surface area contributed by atoms with Gasteiger partial charge in [0.15, 0.2) is 0 Å². The van der Waals surface area contributed by atoms with Gasteiger partial charge in [-0.25, -0.2) is 4.79 Å². The van der Waals surface area contributed by atoms with E-state index in [9.17, 15) is 26.4 Å². The zero-order valence-electron chi connectivity index (χ0n) is 8.02. The Hall–Kier alpha value is -1.77. The minimum absolute atomic E-state index is 0.327. The Morgan fingerprint density at radius 1 is 1.29 bits per heavy atom.